The Labute approximate surface area is 224 Å². The van der Waals surface area contributed by atoms with Crippen LogP contribution in [-0.2, 0) is 35.8 Å². The summed E-state index contributed by atoms with van der Waals surface area (Å²) in [6.07, 6.45) is 3.41. The molecular formula is C32H35N3O3. The number of fused-ring (bicyclic) bond motifs is 1. The Hall–Kier alpha value is -3.48. The summed E-state index contributed by atoms with van der Waals surface area (Å²) in [6, 6.07) is 25.6. The maximum absolute atomic E-state index is 12.4. The van der Waals surface area contributed by atoms with Gasteiger partial charge in [0, 0.05) is 31.6 Å². The Kier molecular flexibility index (Phi) is 7.25. The number of benzene rings is 3. The van der Waals surface area contributed by atoms with E-state index in [1.54, 1.807) is 0 Å². The van der Waals surface area contributed by atoms with E-state index in [4.69, 9.17) is 4.74 Å². The Balaban J connectivity index is 1.01. The van der Waals surface area contributed by atoms with Crippen molar-refractivity contribution in [2.75, 3.05) is 13.1 Å². The van der Waals surface area contributed by atoms with Gasteiger partial charge in [0.25, 0.3) is 0 Å². The molecule has 0 radical (unpaired) electrons. The van der Waals surface area contributed by atoms with Crippen LogP contribution in [0.4, 0.5) is 0 Å². The van der Waals surface area contributed by atoms with E-state index in [1.165, 1.54) is 29.5 Å². The van der Waals surface area contributed by atoms with Gasteiger partial charge in [-0.05, 0) is 66.6 Å². The fourth-order valence-corrected chi connectivity index (χ4v) is 6.11. The molecule has 3 aromatic carbocycles. The van der Waals surface area contributed by atoms with Crippen LogP contribution in [0.25, 0.3) is 0 Å². The first-order chi connectivity index (χ1) is 18.6. The summed E-state index contributed by atoms with van der Waals surface area (Å²) in [6.45, 7) is 5.15. The molecule has 0 aromatic heterocycles. The third-order valence-corrected chi connectivity index (χ3v) is 8.30. The highest BCUT2D eigenvalue weighted by Gasteiger charge is 2.35. The van der Waals surface area contributed by atoms with Crippen molar-refractivity contribution in [1.29, 1.82) is 0 Å². The van der Waals surface area contributed by atoms with Gasteiger partial charge in [-0.3, -0.25) is 24.7 Å². The normalized spacial score (nSPS) is 20.8. The number of likely N-dealkylation sites (tertiary alicyclic amines) is 1. The average Bonchev–Trinajstić information content (AvgIpc) is 3.38. The molecule has 1 N–H and O–H groups in total. The molecule has 6 nitrogen and oxygen atoms in total. The minimum absolute atomic E-state index is 0.175. The van der Waals surface area contributed by atoms with Crippen LogP contribution in [0.15, 0.2) is 72.8 Å². The monoisotopic (exact) mass is 509 g/mol. The fraction of sp³-hybridized carbons (Fsp3) is 0.375. The van der Waals surface area contributed by atoms with Gasteiger partial charge in [-0.15, -0.1) is 0 Å². The van der Waals surface area contributed by atoms with E-state index in [2.05, 4.69) is 75.8 Å². The first kappa shape index (κ1) is 24.8. The summed E-state index contributed by atoms with van der Waals surface area (Å²) in [7, 11) is 0. The predicted molar refractivity (Wildman–Crippen MR) is 146 cm³/mol. The topological polar surface area (TPSA) is 61.9 Å². The van der Waals surface area contributed by atoms with Gasteiger partial charge in [0.15, 0.2) is 0 Å². The Morgan fingerprint density at radius 3 is 2.34 bits per heavy atom. The molecule has 6 heteroatoms. The van der Waals surface area contributed by atoms with E-state index in [1.807, 2.05) is 12.1 Å². The summed E-state index contributed by atoms with van der Waals surface area (Å²) in [5, 5.41) is 2.48. The van der Waals surface area contributed by atoms with Crippen LogP contribution in [0, 0.1) is 0 Å². The molecule has 3 heterocycles. The minimum Gasteiger partial charge on any atom is -0.489 e. The Bertz CT molecular complexity index is 1280. The van der Waals surface area contributed by atoms with Gasteiger partial charge in [0.1, 0.15) is 12.4 Å². The third-order valence-electron chi connectivity index (χ3n) is 8.30. The first-order valence-corrected chi connectivity index (χ1v) is 13.8. The summed E-state index contributed by atoms with van der Waals surface area (Å²) in [4.78, 5) is 28.6. The summed E-state index contributed by atoms with van der Waals surface area (Å²) in [5.41, 5.74) is 6.30. The summed E-state index contributed by atoms with van der Waals surface area (Å²) in [5.74, 6) is 1.20. The van der Waals surface area contributed by atoms with Crippen LogP contribution in [0.5, 0.6) is 5.75 Å². The number of hydrogen-bond donors (Lipinski definition) is 1. The SMILES string of the molecule is O=C1CCC(N2Cc3cccc(OCc4ccc(CN5CCC(c6ccccc6)CC5)cc4)c3C2)C(=O)N1. The number of piperidine rings is 2. The van der Waals surface area contributed by atoms with Crippen molar-refractivity contribution >= 4 is 11.8 Å². The molecule has 0 aliphatic carbocycles. The maximum atomic E-state index is 12.4. The lowest BCUT2D eigenvalue weighted by molar-refractivity contribution is -0.137. The van der Waals surface area contributed by atoms with Crippen molar-refractivity contribution in [3.63, 3.8) is 0 Å². The van der Waals surface area contributed by atoms with Gasteiger partial charge in [0.2, 0.25) is 11.8 Å². The van der Waals surface area contributed by atoms with E-state index >= 15 is 0 Å². The second-order valence-electron chi connectivity index (χ2n) is 10.8. The standard InChI is InChI=1S/C32H35N3O3/c36-31-14-13-29(32(37)33-31)35-20-27-7-4-8-30(28(27)21-35)38-22-24-11-9-23(10-12-24)19-34-17-15-26(16-18-34)25-5-2-1-3-6-25/h1-12,26,29H,13-22H2,(H,33,36,37). The highest BCUT2D eigenvalue weighted by Crippen LogP contribution is 2.34. The van der Waals surface area contributed by atoms with Crippen LogP contribution >= 0.6 is 0 Å². The number of hydrogen-bond acceptors (Lipinski definition) is 5. The highest BCUT2D eigenvalue weighted by atomic mass is 16.5. The van der Waals surface area contributed by atoms with E-state index in [0.717, 1.165) is 36.5 Å². The molecule has 3 aromatic rings. The van der Waals surface area contributed by atoms with E-state index in [0.29, 0.717) is 38.5 Å². The van der Waals surface area contributed by atoms with E-state index in [9.17, 15) is 9.59 Å². The quantitative estimate of drug-likeness (QED) is 0.465. The molecular weight excluding hydrogens is 474 g/mol. The van der Waals surface area contributed by atoms with Crippen LogP contribution in [0.1, 0.15) is 59.4 Å². The lowest BCUT2D eigenvalue weighted by Gasteiger charge is -2.32. The molecule has 38 heavy (non-hydrogen) atoms. The Morgan fingerprint density at radius 2 is 1.58 bits per heavy atom. The molecule has 1 unspecified atom stereocenters. The number of ether oxygens (including phenoxy) is 1. The molecule has 3 aliphatic heterocycles. The molecule has 2 saturated heterocycles. The largest absolute Gasteiger partial charge is 0.489 e. The zero-order valence-electron chi connectivity index (χ0n) is 21.8. The zero-order chi connectivity index (χ0) is 25.9. The molecule has 6 rings (SSSR count). The lowest BCUT2D eigenvalue weighted by atomic mass is 9.89. The van der Waals surface area contributed by atoms with Crippen LogP contribution in [0.3, 0.4) is 0 Å². The molecule has 0 saturated carbocycles. The molecule has 2 amide bonds. The van der Waals surface area contributed by atoms with Crippen molar-refractivity contribution in [3.8, 4) is 5.75 Å². The number of amides is 2. The molecule has 0 bridgehead atoms. The predicted octanol–water partition coefficient (Wildman–Crippen LogP) is 4.77. The van der Waals surface area contributed by atoms with Crippen molar-refractivity contribution < 1.29 is 14.3 Å². The Morgan fingerprint density at radius 1 is 0.816 bits per heavy atom. The van der Waals surface area contributed by atoms with Crippen LogP contribution < -0.4 is 10.1 Å². The van der Waals surface area contributed by atoms with Crippen LogP contribution in [0.2, 0.25) is 0 Å². The van der Waals surface area contributed by atoms with Gasteiger partial charge in [-0.2, -0.15) is 0 Å². The van der Waals surface area contributed by atoms with E-state index < -0.39 is 0 Å². The van der Waals surface area contributed by atoms with Gasteiger partial charge in [-0.1, -0.05) is 66.7 Å². The van der Waals surface area contributed by atoms with Gasteiger partial charge in [-0.25, -0.2) is 0 Å². The molecule has 196 valence electrons. The minimum atomic E-state index is -0.260. The second kappa shape index (κ2) is 11.1. The van der Waals surface area contributed by atoms with Crippen molar-refractivity contribution in [3.05, 3.63) is 101 Å². The van der Waals surface area contributed by atoms with Crippen molar-refractivity contribution in [2.24, 2.45) is 0 Å². The lowest BCUT2D eigenvalue weighted by Crippen LogP contribution is -2.50. The zero-order valence-corrected chi connectivity index (χ0v) is 21.8. The van der Waals surface area contributed by atoms with Gasteiger partial charge < -0.3 is 4.74 Å². The smallest absolute Gasteiger partial charge is 0.243 e. The van der Waals surface area contributed by atoms with Gasteiger partial charge in [0.05, 0.1) is 6.04 Å². The molecule has 0 spiro atoms. The average molecular weight is 510 g/mol. The first-order valence-electron chi connectivity index (χ1n) is 13.8. The number of carbonyl (C=O) groups excluding carboxylic acids is 2. The number of carbonyl (C=O) groups is 2. The number of nitrogens with one attached hydrogen (secondary N) is 1. The summed E-state index contributed by atoms with van der Waals surface area (Å²) >= 11 is 0. The van der Waals surface area contributed by atoms with Gasteiger partial charge >= 0.3 is 0 Å². The van der Waals surface area contributed by atoms with Crippen molar-refractivity contribution in [2.45, 2.75) is 63.9 Å². The molecule has 2 fully saturated rings. The molecule has 3 aliphatic rings. The number of nitrogens with zero attached hydrogens (tertiary/aromatic N) is 2. The van der Waals surface area contributed by atoms with Crippen molar-refractivity contribution in [1.82, 2.24) is 15.1 Å². The maximum Gasteiger partial charge on any atom is 0.243 e. The highest BCUT2D eigenvalue weighted by molar-refractivity contribution is 6.00. The number of imide groups is 1. The molecule has 1 atom stereocenters. The summed E-state index contributed by atoms with van der Waals surface area (Å²) < 4.78 is 6.27. The van der Waals surface area contributed by atoms with E-state index in [-0.39, 0.29) is 17.9 Å². The fourth-order valence-electron chi connectivity index (χ4n) is 6.11. The second-order valence-corrected chi connectivity index (χ2v) is 10.8. The number of rotatable bonds is 7. The third kappa shape index (κ3) is 5.52. The van der Waals surface area contributed by atoms with Crippen LogP contribution in [-0.4, -0.2) is 40.7 Å².